The van der Waals surface area contributed by atoms with Gasteiger partial charge in [-0.05, 0) is 25.9 Å². The Morgan fingerprint density at radius 2 is 2.00 bits per heavy atom. The molecule has 0 aliphatic carbocycles. The molecule has 6 heteroatoms. The molecule has 2 unspecified atom stereocenters. The van der Waals surface area contributed by atoms with Crippen LogP contribution in [-0.2, 0) is 14.3 Å². The van der Waals surface area contributed by atoms with E-state index in [0.29, 0.717) is 5.92 Å². The fraction of sp³-hybridized carbons (Fsp3) is 0.818. The SMILES string of the molecule is COC(=O)CC(C)NC(=O)C(C)C1CNC1.Cl. The highest BCUT2D eigenvalue weighted by molar-refractivity contribution is 5.85. The van der Waals surface area contributed by atoms with Crippen LogP contribution in [0.5, 0.6) is 0 Å². The second-order valence-corrected chi connectivity index (χ2v) is 4.40. The molecule has 1 aliphatic rings. The maximum atomic E-state index is 11.8. The summed E-state index contributed by atoms with van der Waals surface area (Å²) in [7, 11) is 1.35. The van der Waals surface area contributed by atoms with Crippen molar-refractivity contribution in [2.24, 2.45) is 11.8 Å². The van der Waals surface area contributed by atoms with Gasteiger partial charge in [0.2, 0.25) is 5.91 Å². The van der Waals surface area contributed by atoms with Gasteiger partial charge in [0.25, 0.3) is 0 Å². The number of rotatable bonds is 5. The first-order valence-corrected chi connectivity index (χ1v) is 5.62. The van der Waals surface area contributed by atoms with Crippen molar-refractivity contribution in [3.05, 3.63) is 0 Å². The average Bonchev–Trinajstić information content (AvgIpc) is 2.14. The van der Waals surface area contributed by atoms with E-state index >= 15 is 0 Å². The van der Waals surface area contributed by atoms with Crippen molar-refractivity contribution in [3.63, 3.8) is 0 Å². The Morgan fingerprint density at radius 3 is 2.41 bits per heavy atom. The Labute approximate surface area is 108 Å². The number of carbonyl (C=O) groups is 2. The quantitative estimate of drug-likeness (QED) is 0.703. The first-order valence-electron chi connectivity index (χ1n) is 5.62. The van der Waals surface area contributed by atoms with Gasteiger partial charge in [-0.1, -0.05) is 6.92 Å². The number of halogens is 1. The van der Waals surface area contributed by atoms with Gasteiger partial charge in [-0.3, -0.25) is 9.59 Å². The minimum Gasteiger partial charge on any atom is -0.469 e. The Balaban J connectivity index is 0.00000256. The topological polar surface area (TPSA) is 67.4 Å². The Kier molecular flexibility index (Phi) is 7.15. The number of carbonyl (C=O) groups excluding carboxylic acids is 2. The number of hydrogen-bond donors (Lipinski definition) is 2. The predicted octanol–water partition coefficient (Wildman–Crippen LogP) is 0.332. The lowest BCUT2D eigenvalue weighted by atomic mass is 9.88. The summed E-state index contributed by atoms with van der Waals surface area (Å²) in [6, 6.07) is -0.171. The lowest BCUT2D eigenvalue weighted by molar-refractivity contribution is -0.141. The summed E-state index contributed by atoms with van der Waals surface area (Å²) in [5, 5.41) is 5.96. The molecular formula is C11H21ClN2O3. The van der Waals surface area contributed by atoms with E-state index in [1.165, 1.54) is 7.11 Å². The lowest BCUT2D eigenvalue weighted by Crippen LogP contribution is -2.50. The third kappa shape index (κ3) is 4.91. The Bertz CT molecular complexity index is 269. The minimum atomic E-state index is -0.300. The Hall–Kier alpha value is -0.810. The van der Waals surface area contributed by atoms with Gasteiger partial charge < -0.3 is 15.4 Å². The van der Waals surface area contributed by atoms with E-state index in [2.05, 4.69) is 15.4 Å². The van der Waals surface area contributed by atoms with Crippen LogP contribution in [0.3, 0.4) is 0 Å². The standard InChI is InChI=1S/C11H20N2O3.ClH/c1-7(4-10(14)16-3)13-11(15)8(2)9-5-12-6-9;/h7-9,12H,4-6H2,1-3H3,(H,13,15);1H. The third-order valence-electron chi connectivity index (χ3n) is 3.02. The van der Waals surface area contributed by atoms with E-state index in [1.807, 2.05) is 6.92 Å². The molecule has 1 saturated heterocycles. The number of methoxy groups -OCH3 is 1. The molecule has 0 aromatic rings. The van der Waals surface area contributed by atoms with E-state index < -0.39 is 0 Å². The molecule has 5 nitrogen and oxygen atoms in total. The van der Waals surface area contributed by atoms with Gasteiger partial charge in [0.1, 0.15) is 0 Å². The van der Waals surface area contributed by atoms with Gasteiger partial charge in [0, 0.05) is 12.0 Å². The van der Waals surface area contributed by atoms with Crippen molar-refractivity contribution < 1.29 is 14.3 Å². The second kappa shape index (κ2) is 7.50. The molecule has 0 radical (unpaired) electrons. The monoisotopic (exact) mass is 264 g/mol. The second-order valence-electron chi connectivity index (χ2n) is 4.40. The third-order valence-corrected chi connectivity index (χ3v) is 3.02. The van der Waals surface area contributed by atoms with Gasteiger partial charge in [-0.25, -0.2) is 0 Å². The van der Waals surface area contributed by atoms with Crippen molar-refractivity contribution in [2.75, 3.05) is 20.2 Å². The first-order chi connectivity index (χ1) is 7.54. The van der Waals surface area contributed by atoms with Crippen LogP contribution >= 0.6 is 12.4 Å². The highest BCUT2D eigenvalue weighted by atomic mass is 35.5. The molecule has 2 atom stereocenters. The van der Waals surface area contributed by atoms with Gasteiger partial charge in [0.15, 0.2) is 0 Å². The van der Waals surface area contributed by atoms with E-state index in [4.69, 9.17) is 0 Å². The average molecular weight is 265 g/mol. The van der Waals surface area contributed by atoms with Crippen molar-refractivity contribution >= 4 is 24.3 Å². The molecule has 17 heavy (non-hydrogen) atoms. The smallest absolute Gasteiger partial charge is 0.307 e. The molecule has 1 heterocycles. The van der Waals surface area contributed by atoms with Crippen molar-refractivity contribution in [1.82, 2.24) is 10.6 Å². The summed E-state index contributed by atoms with van der Waals surface area (Å²) in [6.07, 6.45) is 0.220. The lowest BCUT2D eigenvalue weighted by Gasteiger charge is -2.32. The summed E-state index contributed by atoms with van der Waals surface area (Å²) in [5.74, 6) is 0.139. The molecule has 0 saturated carbocycles. The summed E-state index contributed by atoms with van der Waals surface area (Å²) >= 11 is 0. The number of nitrogens with one attached hydrogen (secondary N) is 2. The summed E-state index contributed by atoms with van der Waals surface area (Å²) < 4.78 is 4.54. The van der Waals surface area contributed by atoms with Crippen molar-refractivity contribution in [3.8, 4) is 0 Å². The maximum Gasteiger partial charge on any atom is 0.307 e. The number of ether oxygens (including phenoxy) is 1. The molecule has 100 valence electrons. The van der Waals surface area contributed by atoms with Crippen LogP contribution in [0.25, 0.3) is 0 Å². The fourth-order valence-electron chi connectivity index (χ4n) is 1.64. The zero-order valence-electron chi connectivity index (χ0n) is 10.5. The molecule has 1 rings (SSSR count). The van der Waals surface area contributed by atoms with Crippen LogP contribution in [0, 0.1) is 11.8 Å². The van der Waals surface area contributed by atoms with Crippen LogP contribution in [0.2, 0.25) is 0 Å². The predicted molar refractivity (Wildman–Crippen MR) is 67.0 cm³/mol. The van der Waals surface area contributed by atoms with Crippen molar-refractivity contribution in [1.29, 1.82) is 0 Å². The number of hydrogen-bond acceptors (Lipinski definition) is 4. The maximum absolute atomic E-state index is 11.8. The van der Waals surface area contributed by atoms with Crippen LogP contribution in [0.4, 0.5) is 0 Å². The molecule has 2 N–H and O–H groups in total. The molecule has 0 spiro atoms. The number of esters is 1. The molecular weight excluding hydrogens is 244 g/mol. The van der Waals surface area contributed by atoms with Gasteiger partial charge in [-0.2, -0.15) is 0 Å². The Morgan fingerprint density at radius 1 is 1.41 bits per heavy atom. The normalized spacial score (nSPS) is 18.3. The highest BCUT2D eigenvalue weighted by Gasteiger charge is 2.29. The zero-order chi connectivity index (χ0) is 12.1. The van der Waals surface area contributed by atoms with Gasteiger partial charge >= 0.3 is 5.97 Å². The number of amides is 1. The highest BCUT2D eigenvalue weighted by Crippen LogP contribution is 2.16. The molecule has 1 fully saturated rings. The summed E-state index contributed by atoms with van der Waals surface area (Å²) in [6.45, 7) is 5.53. The van der Waals surface area contributed by atoms with Crippen LogP contribution in [-0.4, -0.2) is 38.1 Å². The van der Waals surface area contributed by atoms with E-state index in [0.717, 1.165) is 13.1 Å². The van der Waals surface area contributed by atoms with Crippen LogP contribution in [0.15, 0.2) is 0 Å². The molecule has 0 bridgehead atoms. The minimum absolute atomic E-state index is 0. The van der Waals surface area contributed by atoms with E-state index in [1.54, 1.807) is 6.92 Å². The largest absolute Gasteiger partial charge is 0.469 e. The van der Waals surface area contributed by atoms with Gasteiger partial charge in [-0.15, -0.1) is 12.4 Å². The van der Waals surface area contributed by atoms with E-state index in [9.17, 15) is 9.59 Å². The summed E-state index contributed by atoms with van der Waals surface area (Å²) in [5.41, 5.74) is 0. The van der Waals surface area contributed by atoms with Gasteiger partial charge in [0.05, 0.1) is 13.5 Å². The van der Waals surface area contributed by atoms with Crippen molar-refractivity contribution in [2.45, 2.75) is 26.3 Å². The summed E-state index contributed by atoms with van der Waals surface area (Å²) in [4.78, 5) is 22.8. The molecule has 1 amide bonds. The van der Waals surface area contributed by atoms with Crippen LogP contribution < -0.4 is 10.6 Å². The van der Waals surface area contributed by atoms with Crippen LogP contribution in [0.1, 0.15) is 20.3 Å². The molecule has 1 aliphatic heterocycles. The fourth-order valence-corrected chi connectivity index (χ4v) is 1.64. The molecule has 0 aromatic carbocycles. The first kappa shape index (κ1) is 16.2. The van der Waals surface area contributed by atoms with E-state index in [-0.39, 0.29) is 42.7 Å². The molecule has 0 aromatic heterocycles. The zero-order valence-corrected chi connectivity index (χ0v) is 11.3.